The van der Waals surface area contributed by atoms with Crippen LogP contribution in [0.5, 0.6) is 17.2 Å². The molecule has 1 aliphatic heterocycles. The number of piperazine rings is 1. The van der Waals surface area contributed by atoms with Crippen LogP contribution >= 0.6 is 0 Å². The highest BCUT2D eigenvalue weighted by Crippen LogP contribution is 2.39. The van der Waals surface area contributed by atoms with Crippen molar-refractivity contribution in [3.63, 3.8) is 0 Å². The molecule has 2 heterocycles. The quantitative estimate of drug-likeness (QED) is 0.164. The first-order valence-corrected chi connectivity index (χ1v) is 16.7. The van der Waals surface area contributed by atoms with Crippen LogP contribution in [0.4, 0.5) is 26.7 Å². The number of carbonyl (C=O) groups is 3. The van der Waals surface area contributed by atoms with E-state index in [4.69, 9.17) is 14.2 Å². The Kier molecular flexibility index (Phi) is 11.1. The van der Waals surface area contributed by atoms with Crippen molar-refractivity contribution >= 4 is 45.9 Å². The second-order valence-electron chi connectivity index (χ2n) is 13.3. The van der Waals surface area contributed by atoms with Crippen molar-refractivity contribution in [3.05, 3.63) is 78.1 Å². The third kappa shape index (κ3) is 8.43. The number of aromatic nitrogens is 1. The molecule has 4 aromatic rings. The van der Waals surface area contributed by atoms with Crippen LogP contribution in [0.3, 0.4) is 0 Å². The number of fused-ring (bicyclic) bond motifs is 1. The molecule has 50 heavy (non-hydrogen) atoms. The summed E-state index contributed by atoms with van der Waals surface area (Å²) in [6, 6.07) is 18.4. The van der Waals surface area contributed by atoms with Gasteiger partial charge in [-0.15, -0.1) is 0 Å². The van der Waals surface area contributed by atoms with Gasteiger partial charge in [0.1, 0.15) is 11.5 Å². The van der Waals surface area contributed by atoms with E-state index in [1.165, 1.54) is 14.2 Å². The Morgan fingerprint density at radius 3 is 2.26 bits per heavy atom. The average molecular weight is 683 g/mol. The van der Waals surface area contributed by atoms with Gasteiger partial charge in [0, 0.05) is 62.2 Å². The van der Waals surface area contributed by atoms with Crippen LogP contribution in [-0.4, -0.2) is 72.7 Å². The van der Waals surface area contributed by atoms with E-state index >= 15 is 0 Å². The molecule has 0 aliphatic carbocycles. The fourth-order valence-electron chi connectivity index (χ4n) is 6.16. The maximum atomic E-state index is 13.5. The van der Waals surface area contributed by atoms with Crippen LogP contribution in [0.25, 0.3) is 10.8 Å². The molecule has 1 fully saturated rings. The van der Waals surface area contributed by atoms with E-state index in [1.807, 2.05) is 74.2 Å². The monoisotopic (exact) mass is 682 g/mol. The van der Waals surface area contributed by atoms with Gasteiger partial charge in [-0.2, -0.15) is 0 Å². The lowest BCUT2D eigenvalue weighted by molar-refractivity contribution is -0.133. The van der Waals surface area contributed by atoms with Crippen molar-refractivity contribution in [2.45, 2.75) is 59.0 Å². The van der Waals surface area contributed by atoms with Gasteiger partial charge >= 0.3 is 12.1 Å². The second kappa shape index (κ2) is 15.5. The van der Waals surface area contributed by atoms with Crippen molar-refractivity contribution in [1.82, 2.24) is 14.8 Å². The number of amides is 4. The number of anilines is 3. The fourth-order valence-corrected chi connectivity index (χ4v) is 6.16. The van der Waals surface area contributed by atoms with E-state index in [2.05, 4.69) is 32.8 Å². The molecule has 1 saturated heterocycles. The zero-order chi connectivity index (χ0) is 36.0. The molecule has 4 amide bonds. The maximum Gasteiger partial charge on any atom is 0.411 e. The number of ether oxygens (including phenoxy) is 3. The summed E-state index contributed by atoms with van der Waals surface area (Å²) in [5.74, 6) is 1.68. The lowest BCUT2D eigenvalue weighted by Gasteiger charge is -2.40. The minimum atomic E-state index is -0.657. The van der Waals surface area contributed by atoms with Crippen LogP contribution in [0.2, 0.25) is 0 Å². The number of carbonyl (C=O) groups excluding carboxylic acids is 3. The van der Waals surface area contributed by atoms with Crippen LogP contribution in [0.15, 0.2) is 66.9 Å². The molecule has 0 radical (unpaired) electrons. The highest BCUT2D eigenvalue weighted by Gasteiger charge is 2.28. The Labute approximate surface area is 293 Å². The standard InChI is InChI=1S/C38H46N6O6/c1-8-27-23-43(17-18-44(27)24(2)45)22-26-21-28(15-16-39-26)50-34-14-13-31(29-11-9-10-12-30(29)34)40-36(46)41-32-19-25(38(3,4)5)20-33(35(32)48-6)42-37(47)49-7/h9-16,19-21,27H,8,17-18,22-23H2,1-7H3,(H,42,47)(H2,40,41,46). The molecule has 0 saturated carbocycles. The van der Waals surface area contributed by atoms with E-state index in [1.54, 1.807) is 25.3 Å². The van der Waals surface area contributed by atoms with Gasteiger partial charge in [-0.25, -0.2) is 9.59 Å². The SMILES string of the molecule is CCC1CN(Cc2cc(Oc3ccc(NC(=O)Nc4cc(C(C)(C)C)cc(NC(=O)OC)c4OC)c4ccccc34)ccn2)CCN1C(C)=O. The van der Waals surface area contributed by atoms with Gasteiger partial charge in [0.05, 0.1) is 37.0 Å². The van der Waals surface area contributed by atoms with E-state index in [0.29, 0.717) is 41.7 Å². The average Bonchev–Trinajstić information content (AvgIpc) is 3.08. The molecule has 1 atom stereocenters. The highest BCUT2D eigenvalue weighted by atomic mass is 16.5. The molecule has 0 bridgehead atoms. The number of hydrogen-bond acceptors (Lipinski definition) is 8. The van der Waals surface area contributed by atoms with E-state index in [9.17, 15) is 14.4 Å². The number of rotatable bonds is 9. The smallest absolute Gasteiger partial charge is 0.411 e. The molecule has 3 aromatic carbocycles. The molecule has 12 nitrogen and oxygen atoms in total. The number of nitrogens with one attached hydrogen (secondary N) is 3. The van der Waals surface area contributed by atoms with Crippen LogP contribution in [-0.2, 0) is 21.5 Å². The summed E-state index contributed by atoms with van der Waals surface area (Å²) in [4.78, 5) is 46.5. The van der Waals surface area contributed by atoms with Crippen molar-refractivity contribution in [3.8, 4) is 17.2 Å². The Bertz CT molecular complexity index is 1870. The van der Waals surface area contributed by atoms with Crippen molar-refractivity contribution in [2.75, 3.05) is 49.8 Å². The predicted molar refractivity (Wildman–Crippen MR) is 195 cm³/mol. The first-order valence-electron chi connectivity index (χ1n) is 16.7. The Morgan fingerprint density at radius 2 is 1.60 bits per heavy atom. The van der Waals surface area contributed by atoms with Gasteiger partial charge in [0.2, 0.25) is 5.91 Å². The Balaban J connectivity index is 1.34. The van der Waals surface area contributed by atoms with Crippen molar-refractivity contribution in [2.24, 2.45) is 0 Å². The number of urea groups is 1. The third-order valence-electron chi connectivity index (χ3n) is 8.81. The lowest BCUT2D eigenvalue weighted by Crippen LogP contribution is -2.54. The normalized spacial score (nSPS) is 14.9. The molecular weight excluding hydrogens is 636 g/mol. The molecule has 264 valence electrons. The molecule has 12 heteroatoms. The van der Waals surface area contributed by atoms with Crippen molar-refractivity contribution < 1.29 is 28.6 Å². The van der Waals surface area contributed by atoms with Crippen LogP contribution in [0, 0.1) is 0 Å². The number of pyridine rings is 1. The lowest BCUT2D eigenvalue weighted by atomic mass is 9.86. The molecule has 0 spiro atoms. The van der Waals surface area contributed by atoms with Gasteiger partial charge < -0.3 is 29.7 Å². The van der Waals surface area contributed by atoms with Gasteiger partial charge in [-0.05, 0) is 47.7 Å². The van der Waals surface area contributed by atoms with Crippen LogP contribution < -0.4 is 25.4 Å². The summed E-state index contributed by atoms with van der Waals surface area (Å²) in [5.41, 5.74) is 2.78. The van der Waals surface area contributed by atoms with E-state index < -0.39 is 12.1 Å². The topological polar surface area (TPSA) is 134 Å². The van der Waals surface area contributed by atoms with Gasteiger partial charge in [-0.3, -0.25) is 20.0 Å². The summed E-state index contributed by atoms with van der Waals surface area (Å²) in [5, 5.41) is 10.1. The third-order valence-corrected chi connectivity index (χ3v) is 8.81. The minimum Gasteiger partial charge on any atom is -0.492 e. The molecule has 1 aromatic heterocycles. The van der Waals surface area contributed by atoms with E-state index in [-0.39, 0.29) is 23.1 Å². The molecule has 3 N–H and O–H groups in total. The maximum absolute atomic E-state index is 13.5. The minimum absolute atomic E-state index is 0.119. The van der Waals surface area contributed by atoms with Gasteiger partial charge in [-0.1, -0.05) is 52.0 Å². The summed E-state index contributed by atoms with van der Waals surface area (Å²) in [6.07, 6.45) is 1.99. The number of methoxy groups -OCH3 is 2. The summed E-state index contributed by atoms with van der Waals surface area (Å²) < 4.78 is 16.8. The van der Waals surface area contributed by atoms with E-state index in [0.717, 1.165) is 41.5 Å². The summed E-state index contributed by atoms with van der Waals surface area (Å²) in [7, 11) is 2.74. The second-order valence-corrected chi connectivity index (χ2v) is 13.3. The molecule has 1 aliphatic rings. The first-order chi connectivity index (χ1) is 23.9. The number of benzene rings is 3. The molecule has 1 unspecified atom stereocenters. The zero-order valence-corrected chi connectivity index (χ0v) is 29.8. The fraction of sp³-hybridized carbons (Fsp3) is 0.368. The highest BCUT2D eigenvalue weighted by molar-refractivity contribution is 6.08. The Hall–Kier alpha value is -5.36. The van der Waals surface area contributed by atoms with Gasteiger partial charge in [0.15, 0.2) is 5.75 Å². The molecule has 5 rings (SSSR count). The van der Waals surface area contributed by atoms with Crippen LogP contribution in [0.1, 0.15) is 52.3 Å². The zero-order valence-electron chi connectivity index (χ0n) is 29.8. The predicted octanol–water partition coefficient (Wildman–Crippen LogP) is 7.60. The summed E-state index contributed by atoms with van der Waals surface area (Å²) in [6.45, 7) is 12.8. The largest absolute Gasteiger partial charge is 0.492 e. The first kappa shape index (κ1) is 35.9. The van der Waals surface area contributed by atoms with Gasteiger partial charge in [0.25, 0.3) is 0 Å². The molecular formula is C38H46N6O6. The number of nitrogens with zero attached hydrogens (tertiary/aromatic N) is 3. The number of hydrogen-bond donors (Lipinski definition) is 3. The van der Waals surface area contributed by atoms with Crippen molar-refractivity contribution in [1.29, 1.82) is 0 Å². The Morgan fingerprint density at radius 1 is 0.900 bits per heavy atom. The summed E-state index contributed by atoms with van der Waals surface area (Å²) >= 11 is 0.